The molecule has 0 radical (unpaired) electrons. The molecule has 0 aromatic heterocycles. The topological polar surface area (TPSA) is 40.5 Å². The highest BCUT2D eigenvalue weighted by atomic mass is 16.3. The summed E-state index contributed by atoms with van der Waals surface area (Å²) in [6.45, 7) is 0. The van der Waals surface area contributed by atoms with Crippen molar-refractivity contribution in [1.82, 2.24) is 0 Å². The summed E-state index contributed by atoms with van der Waals surface area (Å²) in [5.74, 6) is 0.692. The molecule has 3 atom stereocenters. The Balaban J connectivity index is 2.13. The Morgan fingerprint density at radius 2 is 2.00 bits per heavy atom. The molecule has 2 rings (SSSR count). The van der Waals surface area contributed by atoms with E-state index in [0.717, 1.165) is 32.1 Å². The van der Waals surface area contributed by atoms with E-state index < -0.39 is 11.7 Å². The normalized spacial score (nSPS) is 50.7. The van der Waals surface area contributed by atoms with E-state index in [1.807, 2.05) is 0 Å². The molecule has 2 N–H and O–H groups in total. The number of hydrogen-bond donors (Lipinski definition) is 2. The van der Waals surface area contributed by atoms with E-state index in [1.54, 1.807) is 0 Å². The van der Waals surface area contributed by atoms with Gasteiger partial charge < -0.3 is 10.2 Å². The van der Waals surface area contributed by atoms with Gasteiger partial charge in [-0.1, -0.05) is 12.8 Å². The maximum Gasteiger partial charge on any atom is 0.0908 e. The van der Waals surface area contributed by atoms with Crippen LogP contribution >= 0.6 is 0 Å². The van der Waals surface area contributed by atoms with Crippen LogP contribution in [-0.2, 0) is 0 Å². The van der Waals surface area contributed by atoms with Crippen LogP contribution in [0.15, 0.2) is 0 Å². The number of hydrogen-bond acceptors (Lipinski definition) is 2. The van der Waals surface area contributed by atoms with Crippen LogP contribution in [0.3, 0.4) is 0 Å². The fraction of sp³-hybridized carbons (Fsp3) is 1.00. The summed E-state index contributed by atoms with van der Waals surface area (Å²) < 4.78 is 0. The van der Waals surface area contributed by atoms with Gasteiger partial charge in [-0.15, -0.1) is 0 Å². The third-order valence-corrected chi connectivity index (χ3v) is 3.33. The van der Waals surface area contributed by atoms with Gasteiger partial charge in [0.2, 0.25) is 0 Å². The molecule has 0 aliphatic heterocycles. The zero-order valence-electron chi connectivity index (χ0n) is 6.79. The molecule has 2 bridgehead atoms. The minimum Gasteiger partial charge on any atom is -0.390 e. The lowest BCUT2D eigenvalue weighted by atomic mass is 9.68. The van der Waals surface area contributed by atoms with Crippen molar-refractivity contribution in [2.24, 2.45) is 5.92 Å². The summed E-state index contributed by atoms with van der Waals surface area (Å²) in [7, 11) is 0. The molecule has 11 heavy (non-hydrogen) atoms. The van der Waals surface area contributed by atoms with E-state index in [0.29, 0.717) is 5.92 Å². The summed E-state index contributed by atoms with van der Waals surface area (Å²) in [6, 6.07) is 0. The summed E-state index contributed by atoms with van der Waals surface area (Å²) in [4.78, 5) is 0. The van der Waals surface area contributed by atoms with E-state index in [-0.39, 0.29) is 0 Å². The standard InChI is InChI=1S/C9H16O2/c10-8-4-3-7-2-1-5-9(8,11)6-7/h7-8,10-11H,1-6H2. The monoisotopic (exact) mass is 156 g/mol. The van der Waals surface area contributed by atoms with Crippen molar-refractivity contribution in [3.05, 3.63) is 0 Å². The molecule has 2 saturated carbocycles. The minimum atomic E-state index is -0.707. The van der Waals surface area contributed by atoms with Crippen LogP contribution in [0.2, 0.25) is 0 Å². The van der Waals surface area contributed by atoms with Gasteiger partial charge in [0.05, 0.1) is 11.7 Å². The van der Waals surface area contributed by atoms with Crippen molar-refractivity contribution in [2.75, 3.05) is 0 Å². The number of aliphatic hydroxyl groups excluding tert-OH is 1. The molecule has 2 aliphatic carbocycles. The highest BCUT2D eigenvalue weighted by Crippen LogP contribution is 2.42. The van der Waals surface area contributed by atoms with Gasteiger partial charge in [0, 0.05) is 0 Å². The summed E-state index contributed by atoms with van der Waals surface area (Å²) in [5.41, 5.74) is -0.707. The predicted molar refractivity (Wildman–Crippen MR) is 42.1 cm³/mol. The molecule has 0 saturated heterocycles. The fourth-order valence-corrected chi connectivity index (χ4v) is 2.61. The van der Waals surface area contributed by atoms with Gasteiger partial charge in [0.1, 0.15) is 0 Å². The van der Waals surface area contributed by atoms with E-state index in [2.05, 4.69) is 0 Å². The van der Waals surface area contributed by atoms with Gasteiger partial charge in [0.25, 0.3) is 0 Å². The molecule has 2 fully saturated rings. The largest absolute Gasteiger partial charge is 0.390 e. The van der Waals surface area contributed by atoms with Crippen LogP contribution in [0.5, 0.6) is 0 Å². The highest BCUT2D eigenvalue weighted by molar-refractivity contribution is 4.96. The third-order valence-electron chi connectivity index (χ3n) is 3.33. The molecule has 2 nitrogen and oxygen atoms in total. The summed E-state index contributed by atoms with van der Waals surface area (Å²) in [6.07, 6.45) is 5.48. The van der Waals surface area contributed by atoms with E-state index in [4.69, 9.17) is 0 Å². The van der Waals surface area contributed by atoms with Crippen molar-refractivity contribution in [3.63, 3.8) is 0 Å². The molecule has 0 aromatic rings. The molecule has 0 heterocycles. The quantitative estimate of drug-likeness (QED) is 0.550. The molecule has 0 amide bonds. The Kier molecular flexibility index (Phi) is 1.69. The molecular weight excluding hydrogens is 140 g/mol. The Bertz CT molecular complexity index is 158. The second kappa shape index (κ2) is 2.46. The van der Waals surface area contributed by atoms with Crippen LogP contribution < -0.4 is 0 Å². The summed E-state index contributed by atoms with van der Waals surface area (Å²) >= 11 is 0. The Morgan fingerprint density at radius 3 is 2.73 bits per heavy atom. The first-order valence-electron chi connectivity index (χ1n) is 4.61. The van der Waals surface area contributed by atoms with Crippen molar-refractivity contribution >= 4 is 0 Å². The van der Waals surface area contributed by atoms with Crippen molar-refractivity contribution < 1.29 is 10.2 Å². The number of rotatable bonds is 0. The van der Waals surface area contributed by atoms with Crippen molar-refractivity contribution in [2.45, 2.75) is 50.2 Å². The van der Waals surface area contributed by atoms with Gasteiger partial charge in [-0.3, -0.25) is 0 Å². The smallest absolute Gasteiger partial charge is 0.0908 e. The summed E-state index contributed by atoms with van der Waals surface area (Å²) in [5, 5.41) is 19.5. The lowest BCUT2D eigenvalue weighted by molar-refractivity contribution is -0.133. The van der Waals surface area contributed by atoms with Gasteiger partial charge in [-0.05, 0) is 31.6 Å². The van der Waals surface area contributed by atoms with E-state index in [9.17, 15) is 10.2 Å². The number of aliphatic hydroxyl groups is 2. The molecule has 0 spiro atoms. The molecular formula is C9H16O2. The fourth-order valence-electron chi connectivity index (χ4n) is 2.61. The van der Waals surface area contributed by atoms with Crippen molar-refractivity contribution in [1.29, 1.82) is 0 Å². The third kappa shape index (κ3) is 1.18. The molecule has 64 valence electrons. The highest BCUT2D eigenvalue weighted by Gasteiger charge is 2.43. The van der Waals surface area contributed by atoms with Crippen LogP contribution in [0, 0.1) is 5.92 Å². The SMILES string of the molecule is OC1CCC2CCCC1(O)C2. The van der Waals surface area contributed by atoms with Gasteiger partial charge in [0.15, 0.2) is 0 Å². The molecule has 3 unspecified atom stereocenters. The Labute approximate surface area is 67.2 Å². The Hall–Kier alpha value is -0.0800. The first kappa shape index (κ1) is 7.56. The first-order valence-corrected chi connectivity index (χ1v) is 4.61. The average molecular weight is 156 g/mol. The maximum atomic E-state index is 9.92. The van der Waals surface area contributed by atoms with Gasteiger partial charge >= 0.3 is 0 Å². The van der Waals surface area contributed by atoms with Crippen LogP contribution in [0.1, 0.15) is 38.5 Å². The van der Waals surface area contributed by atoms with Crippen LogP contribution in [0.25, 0.3) is 0 Å². The van der Waals surface area contributed by atoms with Crippen molar-refractivity contribution in [3.8, 4) is 0 Å². The predicted octanol–water partition coefficient (Wildman–Crippen LogP) is 1.06. The molecule has 2 heteroatoms. The first-order chi connectivity index (χ1) is 5.21. The second-order valence-corrected chi connectivity index (χ2v) is 4.16. The van der Waals surface area contributed by atoms with Gasteiger partial charge in [-0.2, -0.15) is 0 Å². The maximum absolute atomic E-state index is 9.92. The lowest BCUT2D eigenvalue weighted by Crippen LogP contribution is -2.49. The average Bonchev–Trinajstić information content (AvgIpc) is 1.98. The zero-order valence-corrected chi connectivity index (χ0v) is 6.79. The van der Waals surface area contributed by atoms with Crippen LogP contribution in [-0.4, -0.2) is 21.9 Å². The van der Waals surface area contributed by atoms with Crippen LogP contribution in [0.4, 0.5) is 0 Å². The molecule has 0 aromatic carbocycles. The number of fused-ring (bicyclic) bond motifs is 2. The second-order valence-electron chi connectivity index (χ2n) is 4.16. The Morgan fingerprint density at radius 1 is 1.18 bits per heavy atom. The van der Waals surface area contributed by atoms with E-state index in [1.165, 1.54) is 6.42 Å². The lowest BCUT2D eigenvalue weighted by Gasteiger charge is -2.44. The molecule has 2 aliphatic rings. The van der Waals surface area contributed by atoms with E-state index >= 15 is 0 Å². The minimum absolute atomic E-state index is 0.445. The van der Waals surface area contributed by atoms with Gasteiger partial charge in [-0.25, -0.2) is 0 Å². The zero-order chi connectivity index (χ0) is 7.90.